The van der Waals surface area contributed by atoms with E-state index in [1.165, 1.54) is 5.56 Å². The monoisotopic (exact) mass is 304 g/mol. The van der Waals surface area contributed by atoms with E-state index in [0.29, 0.717) is 6.61 Å². The number of hydrogen-bond donors (Lipinski definition) is 1. The third-order valence-electron chi connectivity index (χ3n) is 3.33. The molecule has 21 heavy (non-hydrogen) atoms. The molecule has 1 heterocycles. The first-order valence-corrected chi connectivity index (χ1v) is 8.25. The summed E-state index contributed by atoms with van der Waals surface area (Å²) in [6, 6.07) is 8.21. The number of thiazole rings is 1. The van der Waals surface area contributed by atoms with Gasteiger partial charge in [-0.15, -0.1) is 11.3 Å². The lowest BCUT2D eigenvalue weighted by Crippen LogP contribution is -2.28. The zero-order valence-electron chi connectivity index (χ0n) is 13.3. The van der Waals surface area contributed by atoms with E-state index in [2.05, 4.69) is 31.0 Å². The fourth-order valence-corrected chi connectivity index (χ4v) is 3.29. The van der Waals surface area contributed by atoms with E-state index in [-0.39, 0.29) is 5.54 Å². The topological polar surface area (TPSA) is 48.1 Å². The van der Waals surface area contributed by atoms with Crippen LogP contribution in [-0.4, -0.2) is 4.98 Å². The molecule has 2 aromatic rings. The van der Waals surface area contributed by atoms with Gasteiger partial charge in [-0.25, -0.2) is 4.98 Å². The zero-order valence-corrected chi connectivity index (χ0v) is 14.1. The first kappa shape index (κ1) is 16.0. The molecule has 0 aliphatic carbocycles. The van der Waals surface area contributed by atoms with Crippen molar-refractivity contribution < 1.29 is 4.74 Å². The molecule has 114 valence electrons. The summed E-state index contributed by atoms with van der Waals surface area (Å²) in [7, 11) is 0. The van der Waals surface area contributed by atoms with Gasteiger partial charge >= 0.3 is 0 Å². The quantitative estimate of drug-likeness (QED) is 0.876. The third-order valence-corrected chi connectivity index (χ3v) is 4.74. The Morgan fingerprint density at radius 2 is 2.00 bits per heavy atom. The predicted molar refractivity (Wildman–Crippen MR) is 88.9 cm³/mol. The molecule has 0 unspecified atom stereocenters. The normalized spacial score (nSPS) is 11.7. The molecule has 0 amide bonds. The van der Waals surface area contributed by atoms with Gasteiger partial charge in [0.2, 0.25) is 0 Å². The second kappa shape index (κ2) is 6.58. The minimum absolute atomic E-state index is 0.344. The molecule has 1 aromatic heterocycles. The number of ether oxygens (including phenoxy) is 1. The van der Waals surface area contributed by atoms with Crippen LogP contribution in [0.3, 0.4) is 0 Å². The molecule has 3 nitrogen and oxygen atoms in total. The average molecular weight is 304 g/mol. The maximum Gasteiger partial charge on any atom is 0.140 e. The molecule has 1 aromatic carbocycles. The Morgan fingerprint density at radius 3 is 2.57 bits per heavy atom. The average Bonchev–Trinajstić information content (AvgIpc) is 2.89. The highest BCUT2D eigenvalue weighted by molar-refractivity contribution is 7.11. The SMILES string of the molecule is CCc1cccc(OCc2nc(CC)c(C(C)(C)N)s2)c1. The molecule has 0 fully saturated rings. The van der Waals surface area contributed by atoms with Gasteiger partial charge in [-0.1, -0.05) is 26.0 Å². The predicted octanol–water partition coefficient (Wildman–Crippen LogP) is 4.04. The van der Waals surface area contributed by atoms with Crippen molar-refractivity contribution in [2.24, 2.45) is 5.73 Å². The lowest BCUT2D eigenvalue weighted by Gasteiger charge is -2.17. The molecule has 0 bridgehead atoms. The number of nitrogens with two attached hydrogens (primary N) is 1. The van der Waals surface area contributed by atoms with Crippen molar-refractivity contribution in [2.45, 2.75) is 52.7 Å². The summed E-state index contributed by atoms with van der Waals surface area (Å²) in [6.45, 7) is 8.80. The Bertz CT molecular complexity index is 599. The fourth-order valence-electron chi connectivity index (χ4n) is 2.21. The molecular weight excluding hydrogens is 280 g/mol. The molecule has 0 spiro atoms. The summed E-state index contributed by atoms with van der Waals surface area (Å²) in [5.74, 6) is 0.899. The van der Waals surface area contributed by atoms with Gasteiger partial charge in [0, 0.05) is 10.4 Å². The van der Waals surface area contributed by atoms with E-state index in [1.54, 1.807) is 11.3 Å². The Balaban J connectivity index is 2.11. The molecule has 0 atom stereocenters. The van der Waals surface area contributed by atoms with Crippen LogP contribution in [0.25, 0.3) is 0 Å². The summed E-state index contributed by atoms with van der Waals surface area (Å²) >= 11 is 1.66. The van der Waals surface area contributed by atoms with Gasteiger partial charge < -0.3 is 10.5 Å². The lowest BCUT2D eigenvalue weighted by molar-refractivity contribution is 0.305. The minimum Gasteiger partial charge on any atom is -0.486 e. The molecular formula is C17H24N2OS. The highest BCUT2D eigenvalue weighted by atomic mass is 32.1. The van der Waals surface area contributed by atoms with E-state index >= 15 is 0 Å². The second-order valence-corrected chi connectivity index (χ2v) is 6.83. The highest BCUT2D eigenvalue weighted by Crippen LogP contribution is 2.29. The molecule has 2 rings (SSSR count). The van der Waals surface area contributed by atoms with Crippen molar-refractivity contribution in [3.63, 3.8) is 0 Å². The van der Waals surface area contributed by atoms with Gasteiger partial charge in [0.15, 0.2) is 0 Å². The number of nitrogens with zero attached hydrogens (tertiary/aromatic N) is 1. The van der Waals surface area contributed by atoms with E-state index < -0.39 is 0 Å². The van der Waals surface area contributed by atoms with Crippen LogP contribution in [0.15, 0.2) is 24.3 Å². The van der Waals surface area contributed by atoms with Crippen molar-refractivity contribution >= 4 is 11.3 Å². The van der Waals surface area contributed by atoms with Gasteiger partial charge in [0.1, 0.15) is 17.4 Å². The summed E-state index contributed by atoms with van der Waals surface area (Å²) < 4.78 is 5.87. The van der Waals surface area contributed by atoms with Crippen molar-refractivity contribution in [2.75, 3.05) is 0 Å². The Hall–Kier alpha value is -1.39. The first-order chi connectivity index (χ1) is 9.94. The minimum atomic E-state index is -0.344. The molecule has 4 heteroatoms. The standard InChI is InChI=1S/C17H24N2OS/c1-5-12-8-7-9-13(10-12)20-11-15-19-14(6-2)16(21-15)17(3,4)18/h7-10H,5-6,11,18H2,1-4H3. The smallest absolute Gasteiger partial charge is 0.140 e. The largest absolute Gasteiger partial charge is 0.486 e. The molecule has 0 saturated heterocycles. The molecule has 0 aliphatic heterocycles. The van der Waals surface area contributed by atoms with Crippen molar-refractivity contribution in [3.05, 3.63) is 45.4 Å². The summed E-state index contributed by atoms with van der Waals surface area (Å²) in [5.41, 5.74) is 8.25. The van der Waals surface area contributed by atoms with Gasteiger partial charge in [0.25, 0.3) is 0 Å². The Morgan fingerprint density at radius 1 is 1.24 bits per heavy atom. The van der Waals surface area contributed by atoms with Crippen LogP contribution in [0.1, 0.15) is 48.8 Å². The van der Waals surface area contributed by atoms with Crippen molar-refractivity contribution in [1.82, 2.24) is 4.98 Å². The van der Waals surface area contributed by atoms with Crippen molar-refractivity contribution in [1.29, 1.82) is 0 Å². The van der Waals surface area contributed by atoms with Gasteiger partial charge in [-0.2, -0.15) is 0 Å². The molecule has 0 radical (unpaired) electrons. The molecule has 0 saturated carbocycles. The molecule has 0 aliphatic rings. The second-order valence-electron chi connectivity index (χ2n) is 5.75. The van der Waals surface area contributed by atoms with Crippen LogP contribution in [-0.2, 0) is 25.0 Å². The molecule has 2 N–H and O–H groups in total. The van der Waals surface area contributed by atoms with Gasteiger partial charge in [-0.3, -0.25) is 0 Å². The zero-order chi connectivity index (χ0) is 15.5. The maximum absolute atomic E-state index is 6.22. The highest BCUT2D eigenvalue weighted by Gasteiger charge is 2.22. The van der Waals surface area contributed by atoms with Crippen LogP contribution >= 0.6 is 11.3 Å². The van der Waals surface area contributed by atoms with Crippen LogP contribution < -0.4 is 10.5 Å². The summed E-state index contributed by atoms with van der Waals surface area (Å²) in [4.78, 5) is 5.82. The Kier molecular flexibility index (Phi) is 5.01. The van der Waals surface area contributed by atoms with Crippen LogP contribution in [0.4, 0.5) is 0 Å². The summed E-state index contributed by atoms with van der Waals surface area (Å²) in [6.07, 6.45) is 1.91. The van der Waals surface area contributed by atoms with Crippen LogP contribution in [0.2, 0.25) is 0 Å². The number of aryl methyl sites for hydroxylation is 2. The van der Waals surface area contributed by atoms with Crippen LogP contribution in [0.5, 0.6) is 5.75 Å². The van der Waals surface area contributed by atoms with Crippen molar-refractivity contribution in [3.8, 4) is 5.75 Å². The summed E-state index contributed by atoms with van der Waals surface area (Å²) in [5, 5.41) is 0.988. The first-order valence-electron chi connectivity index (χ1n) is 7.43. The van der Waals surface area contributed by atoms with Gasteiger partial charge in [0.05, 0.1) is 5.69 Å². The number of aromatic nitrogens is 1. The Labute approximate surface area is 131 Å². The maximum atomic E-state index is 6.22. The number of hydrogen-bond acceptors (Lipinski definition) is 4. The number of rotatable bonds is 6. The van der Waals surface area contributed by atoms with Gasteiger partial charge in [-0.05, 0) is 44.4 Å². The third kappa shape index (κ3) is 4.05. The van der Waals surface area contributed by atoms with E-state index in [9.17, 15) is 0 Å². The van der Waals surface area contributed by atoms with E-state index in [1.807, 2.05) is 26.0 Å². The number of benzene rings is 1. The van der Waals surface area contributed by atoms with E-state index in [4.69, 9.17) is 10.5 Å². The van der Waals surface area contributed by atoms with Crippen LogP contribution in [0, 0.1) is 0 Å². The lowest BCUT2D eigenvalue weighted by atomic mass is 10.0. The fraction of sp³-hybridized carbons (Fsp3) is 0.471. The van der Waals surface area contributed by atoms with E-state index in [0.717, 1.165) is 34.2 Å².